The maximum Gasteiger partial charge on any atom is 0.344 e. The fraction of sp³-hybridized carbons (Fsp3) is 0.450. The van der Waals surface area contributed by atoms with Crippen LogP contribution in [0.1, 0.15) is 26.7 Å². The topological polar surface area (TPSA) is 86.0 Å². The Labute approximate surface area is 156 Å². The van der Waals surface area contributed by atoms with Crippen molar-refractivity contribution in [3.05, 3.63) is 40.8 Å². The number of nitrogens with zero attached hydrogens (tertiary/aromatic N) is 1. The van der Waals surface area contributed by atoms with Crippen LogP contribution in [-0.4, -0.2) is 42.6 Å². The van der Waals surface area contributed by atoms with Crippen molar-refractivity contribution < 1.29 is 23.5 Å². The molecule has 0 spiro atoms. The van der Waals surface area contributed by atoms with Crippen LogP contribution in [0.15, 0.2) is 39.5 Å². The number of ether oxygens (including phenoxy) is 2. The second-order valence-corrected chi connectivity index (χ2v) is 6.88. The van der Waals surface area contributed by atoms with Gasteiger partial charge in [-0.1, -0.05) is 6.92 Å². The number of esters is 1. The Kier molecular flexibility index (Phi) is 5.78. The van der Waals surface area contributed by atoms with Gasteiger partial charge in [0.1, 0.15) is 11.3 Å². The molecule has 1 aliphatic rings. The van der Waals surface area contributed by atoms with Crippen LogP contribution < -0.4 is 10.4 Å². The van der Waals surface area contributed by atoms with Gasteiger partial charge in [0.05, 0.1) is 0 Å². The molecule has 0 bridgehead atoms. The van der Waals surface area contributed by atoms with Crippen molar-refractivity contribution in [2.24, 2.45) is 5.92 Å². The van der Waals surface area contributed by atoms with Crippen LogP contribution in [0.5, 0.6) is 5.75 Å². The molecule has 0 radical (unpaired) electrons. The van der Waals surface area contributed by atoms with Crippen molar-refractivity contribution in [2.75, 3.05) is 19.7 Å². The molecule has 0 N–H and O–H groups in total. The van der Waals surface area contributed by atoms with E-state index in [1.807, 2.05) is 0 Å². The highest BCUT2D eigenvalue weighted by Gasteiger charge is 2.26. The predicted octanol–water partition coefficient (Wildman–Crippen LogP) is 2.36. The minimum atomic E-state index is -0.843. The predicted molar refractivity (Wildman–Crippen MR) is 98.5 cm³/mol. The fourth-order valence-corrected chi connectivity index (χ4v) is 3.04. The standard InChI is InChI=1S/C20H23NO6/c1-13-7-9-21(10-8-13)20(24)14(2)26-19(23)12-25-16-5-3-15-4-6-18(22)27-17(15)11-16/h3-6,11,13-14H,7-10,12H2,1-2H3. The van der Waals surface area contributed by atoms with Crippen molar-refractivity contribution >= 4 is 22.8 Å². The number of amides is 1. The number of likely N-dealkylation sites (tertiary alicyclic amines) is 1. The van der Waals surface area contributed by atoms with Crippen molar-refractivity contribution in [1.82, 2.24) is 4.90 Å². The lowest BCUT2D eigenvalue weighted by molar-refractivity contribution is -0.161. The van der Waals surface area contributed by atoms with Gasteiger partial charge in [-0.2, -0.15) is 0 Å². The fourth-order valence-electron chi connectivity index (χ4n) is 3.04. The Bertz CT molecular complexity index is 881. The lowest BCUT2D eigenvalue weighted by Crippen LogP contribution is -2.44. The van der Waals surface area contributed by atoms with Gasteiger partial charge in [0, 0.05) is 30.6 Å². The lowest BCUT2D eigenvalue weighted by atomic mass is 9.99. The first-order valence-electron chi connectivity index (χ1n) is 9.07. The molecule has 0 saturated carbocycles. The van der Waals surface area contributed by atoms with Crippen LogP contribution in [0.3, 0.4) is 0 Å². The summed E-state index contributed by atoms with van der Waals surface area (Å²) in [6, 6.07) is 7.91. The number of carbonyl (C=O) groups is 2. The maximum absolute atomic E-state index is 12.4. The molecule has 1 aliphatic heterocycles. The average molecular weight is 373 g/mol. The molecule has 2 heterocycles. The number of piperidine rings is 1. The number of benzene rings is 1. The Balaban J connectivity index is 1.51. The van der Waals surface area contributed by atoms with E-state index >= 15 is 0 Å². The summed E-state index contributed by atoms with van der Waals surface area (Å²) in [5.74, 6) is 0.183. The highest BCUT2D eigenvalue weighted by Crippen LogP contribution is 2.20. The molecule has 1 fully saturated rings. The first kappa shape index (κ1) is 18.9. The van der Waals surface area contributed by atoms with Crippen molar-refractivity contribution in [3.63, 3.8) is 0 Å². The van der Waals surface area contributed by atoms with Gasteiger partial charge in [-0.3, -0.25) is 4.79 Å². The van der Waals surface area contributed by atoms with Gasteiger partial charge in [0.25, 0.3) is 5.91 Å². The number of fused-ring (bicyclic) bond motifs is 1. The van der Waals surface area contributed by atoms with Crippen molar-refractivity contribution in [3.8, 4) is 5.75 Å². The van der Waals surface area contributed by atoms with E-state index < -0.39 is 17.7 Å². The summed E-state index contributed by atoms with van der Waals surface area (Å²) in [4.78, 5) is 37.4. The zero-order valence-corrected chi connectivity index (χ0v) is 15.5. The molecule has 3 rings (SSSR count). The molecule has 1 aromatic heterocycles. The third-order valence-electron chi connectivity index (χ3n) is 4.70. The highest BCUT2D eigenvalue weighted by atomic mass is 16.6. The summed E-state index contributed by atoms with van der Waals surface area (Å²) in [7, 11) is 0. The monoisotopic (exact) mass is 373 g/mol. The van der Waals surface area contributed by atoms with Crippen LogP contribution in [-0.2, 0) is 14.3 Å². The van der Waals surface area contributed by atoms with Gasteiger partial charge < -0.3 is 18.8 Å². The van der Waals surface area contributed by atoms with E-state index in [0.717, 1.165) is 18.2 Å². The van der Waals surface area contributed by atoms with Gasteiger partial charge in [0.2, 0.25) is 0 Å². The van der Waals surface area contributed by atoms with Gasteiger partial charge >= 0.3 is 11.6 Å². The van der Waals surface area contributed by atoms with Crippen LogP contribution in [0, 0.1) is 5.92 Å². The molecule has 1 saturated heterocycles. The molecule has 1 atom stereocenters. The molecule has 1 amide bonds. The zero-order chi connectivity index (χ0) is 19.4. The van der Waals surface area contributed by atoms with Gasteiger partial charge in [-0.05, 0) is 43.9 Å². The molecule has 7 nitrogen and oxygen atoms in total. The Morgan fingerprint density at radius 2 is 1.93 bits per heavy atom. The summed E-state index contributed by atoms with van der Waals surface area (Å²) in [5.41, 5.74) is -0.0882. The summed E-state index contributed by atoms with van der Waals surface area (Å²) in [6.07, 6.45) is 1.09. The zero-order valence-electron chi connectivity index (χ0n) is 15.5. The molecule has 2 aromatic rings. The molecule has 0 aliphatic carbocycles. The number of hydrogen-bond donors (Lipinski definition) is 0. The molecular formula is C20H23NO6. The van der Waals surface area contributed by atoms with Crippen LogP contribution in [0.4, 0.5) is 0 Å². The summed E-state index contributed by atoms with van der Waals surface area (Å²) >= 11 is 0. The van der Waals surface area contributed by atoms with Gasteiger partial charge in [-0.25, -0.2) is 9.59 Å². The summed E-state index contributed by atoms with van der Waals surface area (Å²) < 4.78 is 15.7. The number of rotatable bonds is 5. The first-order chi connectivity index (χ1) is 12.9. The van der Waals surface area contributed by atoms with E-state index in [-0.39, 0.29) is 12.5 Å². The maximum atomic E-state index is 12.4. The molecule has 1 aromatic carbocycles. The lowest BCUT2D eigenvalue weighted by Gasteiger charge is -2.31. The third-order valence-corrected chi connectivity index (χ3v) is 4.70. The highest BCUT2D eigenvalue weighted by molar-refractivity contribution is 5.84. The smallest absolute Gasteiger partial charge is 0.344 e. The number of carbonyl (C=O) groups excluding carboxylic acids is 2. The van der Waals surface area contributed by atoms with E-state index in [1.54, 1.807) is 30.0 Å². The SMILES string of the molecule is CC1CCN(C(=O)C(C)OC(=O)COc2ccc3ccc(=O)oc3c2)CC1. The molecule has 27 heavy (non-hydrogen) atoms. The second-order valence-electron chi connectivity index (χ2n) is 6.88. The molecule has 1 unspecified atom stereocenters. The van der Waals surface area contributed by atoms with E-state index in [0.29, 0.717) is 30.3 Å². The minimum Gasteiger partial charge on any atom is -0.482 e. The van der Waals surface area contributed by atoms with Crippen molar-refractivity contribution in [2.45, 2.75) is 32.8 Å². The van der Waals surface area contributed by atoms with Gasteiger partial charge in [-0.15, -0.1) is 0 Å². The quantitative estimate of drug-likeness (QED) is 0.591. The molecule has 144 valence electrons. The second kappa shape index (κ2) is 8.24. The Morgan fingerprint density at radius 3 is 2.67 bits per heavy atom. The first-order valence-corrected chi connectivity index (χ1v) is 9.07. The Morgan fingerprint density at radius 1 is 1.22 bits per heavy atom. The average Bonchev–Trinajstić information content (AvgIpc) is 2.66. The van der Waals surface area contributed by atoms with Crippen LogP contribution in [0.2, 0.25) is 0 Å². The number of hydrogen-bond acceptors (Lipinski definition) is 6. The normalized spacial score (nSPS) is 16.1. The Hall–Kier alpha value is -2.83. The molecule has 7 heteroatoms. The third kappa shape index (κ3) is 4.87. The van der Waals surface area contributed by atoms with E-state index in [2.05, 4.69) is 6.92 Å². The summed E-state index contributed by atoms with van der Waals surface area (Å²) in [5, 5.41) is 0.750. The van der Waals surface area contributed by atoms with Crippen molar-refractivity contribution in [1.29, 1.82) is 0 Å². The van der Waals surface area contributed by atoms with Gasteiger partial charge in [0.15, 0.2) is 12.7 Å². The van der Waals surface area contributed by atoms with E-state index in [9.17, 15) is 14.4 Å². The summed E-state index contributed by atoms with van der Waals surface area (Å²) in [6.45, 7) is 4.79. The van der Waals surface area contributed by atoms with E-state index in [4.69, 9.17) is 13.9 Å². The largest absolute Gasteiger partial charge is 0.482 e. The van der Waals surface area contributed by atoms with Crippen LogP contribution in [0.25, 0.3) is 11.0 Å². The van der Waals surface area contributed by atoms with E-state index in [1.165, 1.54) is 12.1 Å². The van der Waals surface area contributed by atoms with Crippen LogP contribution >= 0.6 is 0 Å². The molecular weight excluding hydrogens is 350 g/mol. The minimum absolute atomic E-state index is 0.178.